The van der Waals surface area contributed by atoms with Crippen LogP contribution in [0.1, 0.15) is 17.1 Å². The first-order chi connectivity index (χ1) is 12.7. The molecule has 140 valence electrons. The highest BCUT2D eigenvalue weighted by Crippen LogP contribution is 2.33. The van der Waals surface area contributed by atoms with Gasteiger partial charge in [0.05, 0.1) is 5.56 Å². The molecule has 10 heteroatoms. The van der Waals surface area contributed by atoms with Crippen LogP contribution >= 0.6 is 11.8 Å². The number of furan rings is 1. The number of carboxylic acid groups (broad SMARTS) is 1. The van der Waals surface area contributed by atoms with Gasteiger partial charge in [-0.1, -0.05) is 12.1 Å². The lowest BCUT2D eigenvalue weighted by atomic mass is 10.1. The van der Waals surface area contributed by atoms with Crippen molar-refractivity contribution in [3.05, 3.63) is 58.5 Å². The number of carbonyl (C=O) groups is 1. The molecule has 0 aliphatic heterocycles. The third-order valence-electron chi connectivity index (χ3n) is 3.36. The van der Waals surface area contributed by atoms with Gasteiger partial charge >= 0.3 is 12.1 Å². The van der Waals surface area contributed by atoms with E-state index in [9.17, 15) is 23.1 Å². The second-order valence-corrected chi connectivity index (χ2v) is 6.41. The van der Waals surface area contributed by atoms with Crippen molar-refractivity contribution >= 4 is 23.8 Å². The van der Waals surface area contributed by atoms with Crippen molar-refractivity contribution < 1.29 is 27.5 Å². The first-order valence-corrected chi connectivity index (χ1v) is 8.33. The summed E-state index contributed by atoms with van der Waals surface area (Å²) in [5.74, 6) is -0.304. The zero-order valence-electron chi connectivity index (χ0n) is 13.7. The van der Waals surface area contributed by atoms with Crippen LogP contribution in [0.2, 0.25) is 0 Å². The number of nitrogens with zero attached hydrogens (tertiary/aromatic N) is 2. The lowest BCUT2D eigenvalue weighted by Crippen LogP contribution is -2.04. The fourth-order valence-corrected chi connectivity index (χ4v) is 2.90. The van der Waals surface area contributed by atoms with Crippen LogP contribution in [-0.2, 0) is 11.0 Å². The van der Waals surface area contributed by atoms with Gasteiger partial charge in [-0.15, -0.1) is 5.10 Å². The molecule has 6 nitrogen and oxygen atoms in total. The molecule has 3 rings (SSSR count). The minimum atomic E-state index is -4.47. The molecule has 0 fully saturated rings. The molecule has 27 heavy (non-hydrogen) atoms. The Balaban J connectivity index is 1.87. The Hall–Kier alpha value is -3.01. The van der Waals surface area contributed by atoms with E-state index < -0.39 is 17.7 Å². The van der Waals surface area contributed by atoms with E-state index in [-0.39, 0.29) is 27.1 Å². The van der Waals surface area contributed by atoms with E-state index in [1.165, 1.54) is 30.3 Å². The maximum absolute atomic E-state index is 12.8. The first-order valence-electron chi connectivity index (χ1n) is 7.52. The topological polar surface area (TPSA) is 92.0 Å². The number of carboxylic acids is 1. The van der Waals surface area contributed by atoms with Crippen LogP contribution in [0.4, 0.5) is 13.2 Å². The van der Waals surface area contributed by atoms with E-state index in [0.717, 1.165) is 23.9 Å². The summed E-state index contributed by atoms with van der Waals surface area (Å²) in [6, 6.07) is 7.64. The van der Waals surface area contributed by atoms with Gasteiger partial charge in [-0.25, -0.2) is 9.78 Å². The third kappa shape index (κ3) is 4.59. The van der Waals surface area contributed by atoms with Crippen molar-refractivity contribution in [1.82, 2.24) is 15.2 Å². The lowest BCUT2D eigenvalue weighted by Gasteiger charge is -2.07. The van der Waals surface area contributed by atoms with Crippen molar-refractivity contribution in [2.45, 2.75) is 18.3 Å². The summed E-state index contributed by atoms with van der Waals surface area (Å²) in [6.45, 7) is 1.68. The molecule has 0 bridgehead atoms. The summed E-state index contributed by atoms with van der Waals surface area (Å²) in [5, 5.41) is 16.0. The normalized spacial score (nSPS) is 12.4. The maximum Gasteiger partial charge on any atom is 0.416 e. The van der Waals surface area contributed by atoms with Gasteiger partial charge in [-0.2, -0.15) is 13.2 Å². The zero-order chi connectivity index (χ0) is 19.6. The van der Waals surface area contributed by atoms with E-state index in [1.54, 1.807) is 6.92 Å². The van der Waals surface area contributed by atoms with Gasteiger partial charge in [0.2, 0.25) is 5.16 Å². The van der Waals surface area contributed by atoms with Crippen LogP contribution in [0.3, 0.4) is 0 Å². The fraction of sp³-hybridized carbons (Fsp3) is 0.118. The molecule has 0 aliphatic carbocycles. The summed E-state index contributed by atoms with van der Waals surface area (Å²) in [4.78, 5) is 15.3. The molecule has 0 spiro atoms. The molecule has 0 unspecified atom stereocenters. The number of hydrogen-bond acceptors (Lipinski definition) is 5. The summed E-state index contributed by atoms with van der Waals surface area (Å²) >= 11 is 0.823. The van der Waals surface area contributed by atoms with Gasteiger partial charge in [0, 0.05) is 11.6 Å². The molecule has 3 aromatic rings. The van der Waals surface area contributed by atoms with Crippen LogP contribution < -0.4 is 0 Å². The zero-order valence-corrected chi connectivity index (χ0v) is 14.6. The number of benzene rings is 1. The van der Waals surface area contributed by atoms with Crippen LogP contribution in [0.25, 0.3) is 17.4 Å². The number of aromatic amines is 1. The number of alkyl halides is 3. The van der Waals surface area contributed by atoms with E-state index in [0.29, 0.717) is 5.82 Å². The first kappa shape index (κ1) is 18.8. The molecule has 0 amide bonds. The predicted molar refractivity (Wildman–Crippen MR) is 91.7 cm³/mol. The number of aromatic nitrogens is 3. The molecule has 0 atom stereocenters. The largest absolute Gasteiger partial charge is 0.477 e. The number of nitrogens with one attached hydrogen (secondary N) is 1. The minimum Gasteiger partial charge on any atom is -0.477 e. The molecular weight excluding hydrogens is 383 g/mol. The molecule has 2 N–H and O–H groups in total. The predicted octanol–water partition coefficient (Wildman–Crippen LogP) is 4.61. The van der Waals surface area contributed by atoms with E-state index >= 15 is 0 Å². The fourth-order valence-electron chi connectivity index (χ4n) is 2.16. The van der Waals surface area contributed by atoms with Crippen molar-refractivity contribution in [3.8, 4) is 11.3 Å². The number of aryl methyl sites for hydroxylation is 1. The second kappa shape index (κ2) is 7.31. The minimum absolute atomic E-state index is 0.0982. The smallest absolute Gasteiger partial charge is 0.416 e. The van der Waals surface area contributed by atoms with E-state index in [4.69, 9.17) is 4.42 Å². The van der Waals surface area contributed by atoms with Crippen LogP contribution in [0.5, 0.6) is 0 Å². The van der Waals surface area contributed by atoms with E-state index in [2.05, 4.69) is 15.2 Å². The van der Waals surface area contributed by atoms with Gasteiger partial charge < -0.3 is 9.52 Å². The van der Waals surface area contributed by atoms with Crippen LogP contribution in [0, 0.1) is 6.92 Å². The number of aliphatic carboxylic acids is 1. The SMILES string of the molecule is Cc1nc(S/C(=C\c2ccc(-c3cccc(C(F)(F)F)c3)o2)C(=O)O)n[nH]1. The lowest BCUT2D eigenvalue weighted by molar-refractivity contribution is -0.137. The molecule has 0 aliphatic rings. The number of rotatable bonds is 5. The molecular formula is C17H12F3N3O3S. The Kier molecular flexibility index (Phi) is 5.08. The van der Waals surface area contributed by atoms with Gasteiger partial charge in [-0.3, -0.25) is 5.10 Å². The Morgan fingerprint density at radius 1 is 1.30 bits per heavy atom. The van der Waals surface area contributed by atoms with Gasteiger partial charge in [0.1, 0.15) is 22.3 Å². The summed E-state index contributed by atoms with van der Waals surface area (Å²) in [5.41, 5.74) is -0.561. The monoisotopic (exact) mass is 395 g/mol. The number of thioether (sulfide) groups is 1. The van der Waals surface area contributed by atoms with Gasteiger partial charge in [-0.05, 0) is 43.0 Å². The quantitative estimate of drug-likeness (QED) is 0.484. The van der Waals surface area contributed by atoms with E-state index in [1.807, 2.05) is 0 Å². The van der Waals surface area contributed by atoms with Crippen molar-refractivity contribution in [1.29, 1.82) is 0 Å². The number of H-pyrrole nitrogens is 1. The molecule has 2 aromatic heterocycles. The number of hydrogen-bond donors (Lipinski definition) is 2. The molecule has 0 radical (unpaired) electrons. The Bertz CT molecular complexity index is 1010. The Labute approximate surface area is 155 Å². The Morgan fingerprint density at radius 2 is 2.07 bits per heavy atom. The highest BCUT2D eigenvalue weighted by atomic mass is 32.2. The van der Waals surface area contributed by atoms with Gasteiger partial charge in [0.15, 0.2) is 0 Å². The highest BCUT2D eigenvalue weighted by Gasteiger charge is 2.30. The standard InChI is InChI=1S/C17H12F3N3O3S/c1-9-21-16(23-22-9)27-14(15(24)25)8-12-5-6-13(26-12)10-3-2-4-11(7-10)17(18,19)20/h2-8H,1H3,(H,24,25)(H,21,22,23)/b14-8-. The molecule has 0 saturated heterocycles. The van der Waals surface area contributed by atoms with Crippen molar-refractivity contribution in [3.63, 3.8) is 0 Å². The van der Waals surface area contributed by atoms with Crippen LogP contribution in [-0.4, -0.2) is 26.3 Å². The molecule has 1 aromatic carbocycles. The average molecular weight is 395 g/mol. The van der Waals surface area contributed by atoms with Gasteiger partial charge in [0.25, 0.3) is 0 Å². The van der Waals surface area contributed by atoms with Crippen LogP contribution in [0.15, 0.2) is 50.9 Å². The average Bonchev–Trinajstić information content (AvgIpc) is 3.23. The highest BCUT2D eigenvalue weighted by molar-refractivity contribution is 8.04. The summed E-state index contributed by atoms with van der Waals surface area (Å²) in [7, 11) is 0. The van der Waals surface area contributed by atoms with Crippen molar-refractivity contribution in [2.24, 2.45) is 0 Å². The van der Waals surface area contributed by atoms with Crippen molar-refractivity contribution in [2.75, 3.05) is 0 Å². The second-order valence-electron chi connectivity index (χ2n) is 5.40. The maximum atomic E-state index is 12.8. The number of halogens is 3. The Morgan fingerprint density at radius 3 is 2.70 bits per heavy atom. The molecule has 2 heterocycles. The summed E-state index contributed by atoms with van der Waals surface area (Å²) in [6.07, 6.45) is -3.21. The molecule has 0 saturated carbocycles. The summed E-state index contributed by atoms with van der Waals surface area (Å²) < 4.78 is 44.0. The third-order valence-corrected chi connectivity index (χ3v) is 4.24.